The van der Waals surface area contributed by atoms with E-state index in [2.05, 4.69) is 36.0 Å². The third-order valence-electron chi connectivity index (χ3n) is 6.64. The minimum absolute atomic E-state index is 0.233. The van der Waals surface area contributed by atoms with Gasteiger partial charge in [0.2, 0.25) is 0 Å². The van der Waals surface area contributed by atoms with Crippen LogP contribution in [0.5, 0.6) is 5.75 Å². The van der Waals surface area contributed by atoms with Crippen molar-refractivity contribution in [1.82, 2.24) is 24.7 Å². The molecule has 0 atom stereocenters. The van der Waals surface area contributed by atoms with E-state index in [1.165, 1.54) is 29.8 Å². The van der Waals surface area contributed by atoms with E-state index < -0.39 is 17.8 Å². The summed E-state index contributed by atoms with van der Waals surface area (Å²) in [5, 5.41) is 13.4. The second-order valence-electron chi connectivity index (χ2n) is 9.78. The Labute approximate surface area is 262 Å². The van der Waals surface area contributed by atoms with Gasteiger partial charge in [0.05, 0.1) is 35.6 Å². The number of anilines is 3. The molecular weight excluding hydrogens is 626 g/mol. The molecule has 0 fully saturated rings. The van der Waals surface area contributed by atoms with Gasteiger partial charge in [-0.25, -0.2) is 19.7 Å². The molecule has 0 aliphatic rings. The van der Waals surface area contributed by atoms with E-state index in [-0.39, 0.29) is 5.69 Å². The van der Waals surface area contributed by atoms with E-state index in [4.69, 9.17) is 4.74 Å². The van der Waals surface area contributed by atoms with Crippen molar-refractivity contribution in [3.8, 4) is 16.2 Å². The zero-order valence-corrected chi connectivity index (χ0v) is 25.3. The molecule has 15 heteroatoms. The van der Waals surface area contributed by atoms with Gasteiger partial charge in [-0.2, -0.15) is 18.3 Å². The normalized spacial score (nSPS) is 11.5. The molecule has 0 saturated carbocycles. The number of benzene rings is 2. The van der Waals surface area contributed by atoms with Crippen LogP contribution in [0.1, 0.15) is 16.0 Å². The summed E-state index contributed by atoms with van der Waals surface area (Å²) >= 11 is 2.89. The van der Waals surface area contributed by atoms with Gasteiger partial charge >= 0.3 is 12.2 Å². The van der Waals surface area contributed by atoms with Crippen molar-refractivity contribution in [2.45, 2.75) is 19.1 Å². The van der Waals surface area contributed by atoms with E-state index >= 15 is 0 Å². The van der Waals surface area contributed by atoms with Crippen molar-refractivity contribution in [2.75, 3.05) is 29.6 Å². The number of thiazole rings is 1. The number of ether oxygens (including phenoxy) is 1. The van der Waals surface area contributed by atoms with Gasteiger partial charge in [-0.05, 0) is 48.0 Å². The van der Waals surface area contributed by atoms with Crippen LogP contribution in [0.2, 0.25) is 0 Å². The number of halogens is 3. The number of hydrogen-bond acceptors (Lipinski definition) is 9. The molecule has 6 aromatic rings. The van der Waals surface area contributed by atoms with Crippen molar-refractivity contribution >= 4 is 55.6 Å². The first-order valence-electron chi connectivity index (χ1n) is 13.6. The Morgan fingerprint density at radius 1 is 0.978 bits per heavy atom. The highest BCUT2D eigenvalue weighted by Crippen LogP contribution is 2.35. The molecule has 0 saturated heterocycles. The lowest BCUT2D eigenvalue weighted by Gasteiger charge is -2.08. The topological polar surface area (TPSA) is 119 Å². The smallest absolute Gasteiger partial charge is 0.416 e. The predicted molar refractivity (Wildman–Crippen MR) is 169 cm³/mol. The average Bonchev–Trinajstić information content (AvgIpc) is 3.78. The van der Waals surface area contributed by atoms with E-state index in [1.54, 1.807) is 24.6 Å². The van der Waals surface area contributed by atoms with Gasteiger partial charge in [-0.15, -0.1) is 22.7 Å². The maximum Gasteiger partial charge on any atom is 0.416 e. The zero-order chi connectivity index (χ0) is 31.4. The lowest BCUT2D eigenvalue weighted by atomic mass is 10.2. The highest BCUT2D eigenvalue weighted by Gasteiger charge is 2.30. The molecule has 0 aliphatic heterocycles. The first-order valence-corrected chi connectivity index (χ1v) is 15.2. The second-order valence-corrected chi connectivity index (χ2v) is 12.0. The van der Waals surface area contributed by atoms with Crippen LogP contribution in [-0.2, 0) is 19.1 Å². The second kappa shape index (κ2) is 12.9. The van der Waals surface area contributed by atoms with E-state index in [0.717, 1.165) is 54.8 Å². The summed E-state index contributed by atoms with van der Waals surface area (Å²) in [5.74, 6) is 1.53. The highest BCUT2D eigenvalue weighted by molar-refractivity contribution is 7.22. The van der Waals surface area contributed by atoms with Crippen LogP contribution in [0.15, 0.2) is 79.5 Å². The van der Waals surface area contributed by atoms with Crippen LogP contribution in [0.25, 0.3) is 20.7 Å². The molecule has 4 aromatic heterocycles. The molecule has 0 unspecified atom stereocenters. The summed E-state index contributed by atoms with van der Waals surface area (Å²) in [6, 6.07) is 13.5. The molecule has 230 valence electrons. The van der Waals surface area contributed by atoms with Gasteiger partial charge in [0.15, 0.2) is 5.13 Å². The number of hydrogen-bond donors (Lipinski definition) is 3. The molecule has 3 N–H and O–H groups in total. The maximum absolute atomic E-state index is 12.7. The third-order valence-corrected chi connectivity index (χ3v) is 8.79. The van der Waals surface area contributed by atoms with Crippen LogP contribution in [0, 0.1) is 0 Å². The Morgan fingerprint density at radius 3 is 2.53 bits per heavy atom. The van der Waals surface area contributed by atoms with Crippen molar-refractivity contribution < 1.29 is 22.7 Å². The molecule has 0 radical (unpaired) electrons. The van der Waals surface area contributed by atoms with E-state index in [9.17, 15) is 18.0 Å². The van der Waals surface area contributed by atoms with Crippen LogP contribution < -0.4 is 20.7 Å². The van der Waals surface area contributed by atoms with Gasteiger partial charge in [0.25, 0.3) is 0 Å². The van der Waals surface area contributed by atoms with Crippen molar-refractivity contribution in [1.29, 1.82) is 0 Å². The van der Waals surface area contributed by atoms with Crippen molar-refractivity contribution in [3.05, 3.63) is 95.5 Å². The van der Waals surface area contributed by atoms with Crippen LogP contribution in [-0.4, -0.2) is 44.4 Å². The number of thiophene rings is 1. The monoisotopic (exact) mass is 650 g/mol. The molecule has 0 aliphatic carbocycles. The zero-order valence-electron chi connectivity index (χ0n) is 23.6. The van der Waals surface area contributed by atoms with E-state index in [1.807, 2.05) is 47.4 Å². The van der Waals surface area contributed by atoms with E-state index in [0.29, 0.717) is 24.6 Å². The Bertz CT molecular complexity index is 1920. The Kier molecular flexibility index (Phi) is 8.62. The van der Waals surface area contributed by atoms with Gasteiger partial charge in [-0.3, -0.25) is 10.00 Å². The van der Waals surface area contributed by atoms with Crippen LogP contribution in [0.4, 0.5) is 34.6 Å². The lowest BCUT2D eigenvalue weighted by Crippen LogP contribution is -2.19. The number of methoxy groups -OCH3 is 1. The number of aromatic nitrogens is 5. The molecular formula is C30H25F3N8O2S2. The number of rotatable bonds is 10. The Morgan fingerprint density at radius 2 is 1.78 bits per heavy atom. The summed E-state index contributed by atoms with van der Waals surface area (Å²) in [4.78, 5) is 27.4. The molecule has 2 amide bonds. The highest BCUT2D eigenvalue weighted by atomic mass is 32.1. The Balaban J connectivity index is 1.03. The number of carbonyl (C=O) groups is 1. The number of carbonyl (C=O) groups excluding carboxylic acids is 1. The standard InChI is InChI=1S/C30H25F3N8O2S2/c1-43-22-8-2-18(3-9-22)15-41-16-19(13-38-41)25-12-24-26(45-25)27(37-17-36-24)34-11-10-23-14-35-29(44-23)40-28(42)39-21-6-4-20(5-7-21)30(31,32)33/h2-9,12-14,16-17H,10-11,15H2,1H3,(H,34,36,37)(H2,35,39,40,42). The molecule has 2 aromatic carbocycles. The fourth-order valence-electron chi connectivity index (χ4n) is 4.40. The summed E-state index contributed by atoms with van der Waals surface area (Å²) in [6.07, 6.45) is 3.23. The first kappa shape index (κ1) is 30.0. The molecule has 4 heterocycles. The summed E-state index contributed by atoms with van der Waals surface area (Å²) in [6.45, 7) is 1.21. The minimum atomic E-state index is -4.44. The van der Waals surface area contributed by atoms with Crippen LogP contribution >= 0.6 is 22.7 Å². The molecule has 0 spiro atoms. The van der Waals surface area contributed by atoms with Gasteiger partial charge < -0.3 is 15.4 Å². The number of urea groups is 1. The molecule has 6 rings (SSSR count). The summed E-state index contributed by atoms with van der Waals surface area (Å²) < 4.78 is 46.3. The molecule has 45 heavy (non-hydrogen) atoms. The van der Waals surface area contributed by atoms with Crippen LogP contribution in [0.3, 0.4) is 0 Å². The quantitative estimate of drug-likeness (QED) is 0.142. The predicted octanol–water partition coefficient (Wildman–Crippen LogP) is 7.39. The number of nitrogens with one attached hydrogen (secondary N) is 3. The Hall–Kier alpha value is -5.02. The minimum Gasteiger partial charge on any atom is -0.497 e. The number of amides is 2. The first-order chi connectivity index (χ1) is 21.7. The SMILES string of the molecule is COc1ccc(Cn2cc(-c3cc4ncnc(NCCc5cnc(NC(=O)Nc6ccc(C(F)(F)F)cc6)s5)c4s3)cn2)cc1. The average molecular weight is 651 g/mol. The third kappa shape index (κ3) is 7.38. The van der Waals surface area contributed by atoms with Crippen molar-refractivity contribution in [3.63, 3.8) is 0 Å². The van der Waals surface area contributed by atoms with Gasteiger partial charge in [0, 0.05) is 46.4 Å². The summed E-state index contributed by atoms with van der Waals surface area (Å²) in [5.41, 5.74) is 2.38. The largest absolute Gasteiger partial charge is 0.497 e. The van der Waals surface area contributed by atoms with Gasteiger partial charge in [0.1, 0.15) is 17.9 Å². The maximum atomic E-state index is 12.7. The fourth-order valence-corrected chi connectivity index (χ4v) is 6.26. The van der Waals surface area contributed by atoms with Crippen molar-refractivity contribution in [2.24, 2.45) is 0 Å². The number of nitrogens with zero attached hydrogens (tertiary/aromatic N) is 5. The number of alkyl halides is 3. The molecule has 10 nitrogen and oxygen atoms in total. The van der Waals surface area contributed by atoms with Gasteiger partial charge in [-0.1, -0.05) is 12.1 Å². The summed E-state index contributed by atoms with van der Waals surface area (Å²) in [7, 11) is 1.64. The fraction of sp³-hybridized carbons (Fsp3) is 0.167. The lowest BCUT2D eigenvalue weighted by molar-refractivity contribution is -0.137. The molecule has 0 bridgehead atoms. The number of fused-ring (bicyclic) bond motifs is 1.